The van der Waals surface area contributed by atoms with Crippen LogP contribution < -0.4 is 10.3 Å². The summed E-state index contributed by atoms with van der Waals surface area (Å²) in [6, 6.07) is 8.09. The van der Waals surface area contributed by atoms with Crippen molar-refractivity contribution in [2.45, 2.75) is 50.8 Å². The summed E-state index contributed by atoms with van der Waals surface area (Å²) >= 11 is 0. The lowest BCUT2D eigenvalue weighted by atomic mass is 10.0. The van der Waals surface area contributed by atoms with Crippen molar-refractivity contribution < 1.29 is 14.3 Å². The molecule has 4 heterocycles. The average Bonchev–Trinajstić information content (AvgIpc) is 3.52. The summed E-state index contributed by atoms with van der Waals surface area (Å²) in [7, 11) is 1.67. The Morgan fingerprint density at radius 2 is 2.09 bits per heavy atom. The highest BCUT2D eigenvalue weighted by Crippen LogP contribution is 2.28. The van der Waals surface area contributed by atoms with Crippen LogP contribution in [0.15, 0.2) is 29.1 Å². The lowest BCUT2D eigenvalue weighted by Gasteiger charge is -2.28. The number of hydrogen-bond acceptors (Lipinski definition) is 6. The average molecular weight is 439 g/mol. The van der Waals surface area contributed by atoms with Crippen LogP contribution in [0.25, 0.3) is 0 Å². The van der Waals surface area contributed by atoms with Gasteiger partial charge >= 0.3 is 0 Å². The minimum atomic E-state index is -0.296. The number of nitrogens with one attached hydrogen (secondary N) is 1. The van der Waals surface area contributed by atoms with E-state index in [4.69, 9.17) is 14.5 Å². The molecule has 3 aliphatic rings. The van der Waals surface area contributed by atoms with Gasteiger partial charge < -0.3 is 19.4 Å². The van der Waals surface area contributed by atoms with Crippen LogP contribution >= 0.6 is 0 Å². The van der Waals surface area contributed by atoms with Gasteiger partial charge in [0.1, 0.15) is 17.7 Å². The van der Waals surface area contributed by atoms with Crippen molar-refractivity contribution in [2.24, 2.45) is 0 Å². The Bertz CT molecular complexity index is 1030. The number of ether oxygens (including phenoxy) is 2. The highest BCUT2D eigenvalue weighted by atomic mass is 16.5. The largest absolute Gasteiger partial charge is 0.497 e. The normalized spacial score (nSPS) is 23.3. The molecule has 1 N–H and O–H groups in total. The number of H-pyrrole nitrogens is 1. The first kappa shape index (κ1) is 21.2. The highest BCUT2D eigenvalue weighted by molar-refractivity contribution is 5.81. The molecule has 2 fully saturated rings. The number of benzene rings is 1. The fourth-order valence-corrected chi connectivity index (χ4v) is 4.99. The van der Waals surface area contributed by atoms with Gasteiger partial charge in [-0.2, -0.15) is 0 Å². The SMILES string of the molecule is COc1ccc(CN2CCc3c(nc([C@H]4CCN(C(=O)[C@H]5CCCO5)C4)[nH]c3=O)C2)cc1. The molecule has 0 bridgehead atoms. The number of aromatic amines is 1. The van der Waals surface area contributed by atoms with Gasteiger partial charge in [0.2, 0.25) is 0 Å². The third kappa shape index (κ3) is 4.29. The maximum absolute atomic E-state index is 12.8. The second kappa shape index (κ2) is 9.03. The molecule has 0 unspecified atom stereocenters. The summed E-state index contributed by atoms with van der Waals surface area (Å²) < 4.78 is 10.8. The maximum Gasteiger partial charge on any atom is 0.254 e. The van der Waals surface area contributed by atoms with Gasteiger partial charge in [-0.05, 0) is 43.4 Å². The van der Waals surface area contributed by atoms with Crippen LogP contribution in [0.4, 0.5) is 0 Å². The third-order valence-corrected chi connectivity index (χ3v) is 6.83. The summed E-state index contributed by atoms with van der Waals surface area (Å²) in [5, 5.41) is 0. The lowest BCUT2D eigenvalue weighted by Crippen LogP contribution is -2.38. The van der Waals surface area contributed by atoms with Crippen molar-refractivity contribution in [1.29, 1.82) is 0 Å². The van der Waals surface area contributed by atoms with E-state index in [1.807, 2.05) is 17.0 Å². The monoisotopic (exact) mass is 438 g/mol. The lowest BCUT2D eigenvalue weighted by molar-refractivity contribution is -0.139. The molecule has 8 nitrogen and oxygen atoms in total. The van der Waals surface area contributed by atoms with Gasteiger partial charge in [0.05, 0.1) is 12.8 Å². The molecule has 0 saturated carbocycles. The van der Waals surface area contributed by atoms with Gasteiger partial charge in [-0.1, -0.05) is 12.1 Å². The Balaban J connectivity index is 1.27. The van der Waals surface area contributed by atoms with Crippen LogP contribution in [0.1, 0.15) is 47.8 Å². The topological polar surface area (TPSA) is 87.8 Å². The zero-order valence-corrected chi connectivity index (χ0v) is 18.5. The summed E-state index contributed by atoms with van der Waals surface area (Å²) in [5.74, 6) is 1.70. The van der Waals surface area contributed by atoms with Crippen molar-refractivity contribution in [1.82, 2.24) is 19.8 Å². The van der Waals surface area contributed by atoms with Crippen LogP contribution in [-0.4, -0.2) is 65.1 Å². The third-order valence-electron chi connectivity index (χ3n) is 6.83. The first-order valence-electron chi connectivity index (χ1n) is 11.5. The summed E-state index contributed by atoms with van der Waals surface area (Å²) in [5.41, 5.74) is 2.84. The minimum absolute atomic E-state index is 0.0296. The Kier molecular flexibility index (Phi) is 5.97. The van der Waals surface area contributed by atoms with Crippen LogP contribution in [0, 0.1) is 0 Å². The molecule has 2 saturated heterocycles. The fraction of sp³-hybridized carbons (Fsp3) is 0.542. The summed E-state index contributed by atoms with van der Waals surface area (Å²) in [6.45, 7) is 4.24. The van der Waals surface area contributed by atoms with Crippen molar-refractivity contribution >= 4 is 5.91 Å². The van der Waals surface area contributed by atoms with Crippen molar-refractivity contribution in [3.63, 3.8) is 0 Å². The van der Waals surface area contributed by atoms with Gasteiger partial charge in [-0.15, -0.1) is 0 Å². The van der Waals surface area contributed by atoms with Gasteiger partial charge in [-0.3, -0.25) is 14.5 Å². The summed E-state index contributed by atoms with van der Waals surface area (Å²) in [6.07, 6.45) is 2.96. The first-order chi connectivity index (χ1) is 15.6. The number of amides is 1. The van der Waals surface area contributed by atoms with Crippen LogP contribution in [0.2, 0.25) is 0 Å². The minimum Gasteiger partial charge on any atom is -0.497 e. The Hall–Kier alpha value is -2.71. The molecule has 0 spiro atoms. The predicted octanol–water partition coefficient (Wildman–Crippen LogP) is 1.83. The van der Waals surface area contributed by atoms with Gasteiger partial charge in [-0.25, -0.2) is 4.98 Å². The quantitative estimate of drug-likeness (QED) is 0.766. The standard InChI is InChI=1S/C24H30N4O4/c1-31-18-6-4-16(5-7-18)13-27-10-9-19-20(15-27)25-22(26-23(19)29)17-8-11-28(14-17)24(30)21-3-2-12-32-21/h4-7,17,21H,2-3,8-15H2,1H3,(H,25,26,29)/t17-,21+/m0/s1. The number of hydrogen-bond donors (Lipinski definition) is 1. The number of nitrogens with zero attached hydrogens (tertiary/aromatic N) is 3. The van der Waals surface area contributed by atoms with Crippen LogP contribution in [0.3, 0.4) is 0 Å². The molecule has 0 aliphatic carbocycles. The number of methoxy groups -OCH3 is 1. The highest BCUT2D eigenvalue weighted by Gasteiger charge is 2.35. The molecule has 0 radical (unpaired) electrons. The van der Waals surface area contributed by atoms with Crippen molar-refractivity contribution in [3.05, 3.63) is 57.3 Å². The molecule has 5 rings (SSSR count). The number of rotatable bonds is 5. The molecule has 170 valence electrons. The number of aromatic nitrogens is 2. The summed E-state index contributed by atoms with van der Waals surface area (Å²) in [4.78, 5) is 37.5. The molecule has 32 heavy (non-hydrogen) atoms. The van der Waals surface area contributed by atoms with Gasteiger partial charge in [0.15, 0.2) is 0 Å². The molecule has 1 aromatic heterocycles. The van der Waals surface area contributed by atoms with E-state index in [2.05, 4.69) is 22.0 Å². The zero-order valence-electron chi connectivity index (χ0n) is 18.5. The molecular formula is C24H30N4O4. The van der Waals surface area contributed by atoms with Crippen molar-refractivity contribution in [3.8, 4) is 5.75 Å². The number of carbonyl (C=O) groups excluding carboxylic acids is 1. The molecular weight excluding hydrogens is 408 g/mol. The van der Waals surface area contributed by atoms with Crippen LogP contribution in [-0.2, 0) is 29.0 Å². The van der Waals surface area contributed by atoms with Crippen molar-refractivity contribution in [2.75, 3.05) is 33.4 Å². The molecule has 2 aromatic rings. The maximum atomic E-state index is 12.8. The Labute approximate surface area is 187 Å². The molecule has 3 aliphatic heterocycles. The van der Waals surface area contributed by atoms with E-state index >= 15 is 0 Å². The second-order valence-corrected chi connectivity index (χ2v) is 8.96. The van der Waals surface area contributed by atoms with E-state index in [9.17, 15) is 9.59 Å². The molecule has 1 aromatic carbocycles. The fourth-order valence-electron chi connectivity index (χ4n) is 4.99. The zero-order chi connectivity index (χ0) is 22.1. The Morgan fingerprint density at radius 1 is 1.25 bits per heavy atom. The number of likely N-dealkylation sites (tertiary alicyclic amines) is 1. The van der Waals surface area contributed by atoms with Gasteiger partial charge in [0, 0.05) is 50.8 Å². The number of fused-ring (bicyclic) bond motifs is 1. The first-order valence-corrected chi connectivity index (χ1v) is 11.5. The van der Waals surface area contributed by atoms with E-state index in [0.29, 0.717) is 38.5 Å². The number of carbonyl (C=O) groups is 1. The predicted molar refractivity (Wildman–Crippen MR) is 119 cm³/mol. The Morgan fingerprint density at radius 3 is 2.84 bits per heavy atom. The molecule has 2 atom stereocenters. The van der Waals surface area contributed by atoms with Crippen LogP contribution in [0.5, 0.6) is 5.75 Å². The van der Waals surface area contributed by atoms with E-state index in [1.165, 1.54) is 5.56 Å². The van der Waals surface area contributed by atoms with E-state index < -0.39 is 0 Å². The molecule has 8 heteroatoms. The van der Waals surface area contributed by atoms with Gasteiger partial charge in [0.25, 0.3) is 11.5 Å². The van der Waals surface area contributed by atoms with E-state index in [0.717, 1.165) is 49.4 Å². The smallest absolute Gasteiger partial charge is 0.254 e. The molecule has 1 amide bonds. The van der Waals surface area contributed by atoms with E-state index in [1.54, 1.807) is 7.11 Å². The van der Waals surface area contributed by atoms with E-state index in [-0.39, 0.29) is 23.5 Å². The second-order valence-electron chi connectivity index (χ2n) is 8.96.